The lowest BCUT2D eigenvalue weighted by molar-refractivity contribution is -0.136. The molecule has 1 aromatic rings. The average Bonchev–Trinajstić information content (AvgIpc) is 3.32. The lowest BCUT2D eigenvalue weighted by atomic mass is 9.96. The van der Waals surface area contributed by atoms with E-state index in [0.717, 1.165) is 24.1 Å². The molecule has 0 aromatic heterocycles. The summed E-state index contributed by atoms with van der Waals surface area (Å²) in [6.45, 7) is 4.53. The number of piperidine rings is 1. The van der Waals surface area contributed by atoms with Crippen molar-refractivity contribution >= 4 is 5.97 Å². The molecule has 2 aliphatic rings. The first-order chi connectivity index (χ1) is 10.7. The number of hydrogen-bond acceptors (Lipinski definition) is 3. The molecular formula is C18H26N2O2. The first-order valence-corrected chi connectivity index (χ1v) is 8.44. The van der Waals surface area contributed by atoms with Crippen LogP contribution in [0.25, 0.3) is 0 Å². The van der Waals surface area contributed by atoms with Gasteiger partial charge in [-0.1, -0.05) is 24.3 Å². The van der Waals surface area contributed by atoms with Gasteiger partial charge in [-0.3, -0.25) is 9.69 Å². The third-order valence-corrected chi connectivity index (χ3v) is 4.76. The molecule has 2 N–H and O–H groups in total. The standard InChI is InChI=1S/C18H26N2O2/c21-18(22)11-14-1-3-16(4-2-14)13-20-9-7-15(8-10-20)12-19-17-5-6-17/h1-4,15,17,19H,5-13H2,(H,21,22). The minimum atomic E-state index is -0.769. The molecule has 1 saturated heterocycles. The van der Waals surface area contributed by atoms with Gasteiger partial charge in [0.15, 0.2) is 0 Å². The molecule has 0 atom stereocenters. The van der Waals surface area contributed by atoms with Crippen molar-refractivity contribution in [1.82, 2.24) is 10.2 Å². The fourth-order valence-corrected chi connectivity index (χ4v) is 3.16. The minimum Gasteiger partial charge on any atom is -0.481 e. The molecular weight excluding hydrogens is 276 g/mol. The molecule has 0 bridgehead atoms. The van der Waals surface area contributed by atoms with Crippen molar-refractivity contribution in [2.24, 2.45) is 5.92 Å². The predicted octanol–water partition coefficient (Wildman–Crippen LogP) is 2.28. The van der Waals surface area contributed by atoms with E-state index in [0.29, 0.717) is 0 Å². The average molecular weight is 302 g/mol. The van der Waals surface area contributed by atoms with Gasteiger partial charge < -0.3 is 10.4 Å². The number of likely N-dealkylation sites (tertiary alicyclic amines) is 1. The Labute approximate surface area is 132 Å². The number of nitrogens with one attached hydrogen (secondary N) is 1. The number of hydrogen-bond donors (Lipinski definition) is 2. The summed E-state index contributed by atoms with van der Waals surface area (Å²) in [4.78, 5) is 13.2. The third-order valence-electron chi connectivity index (χ3n) is 4.76. The second-order valence-electron chi connectivity index (χ2n) is 6.79. The van der Waals surface area contributed by atoms with Crippen molar-refractivity contribution in [2.45, 2.75) is 44.7 Å². The van der Waals surface area contributed by atoms with Crippen LogP contribution in [0, 0.1) is 5.92 Å². The predicted molar refractivity (Wildman–Crippen MR) is 86.8 cm³/mol. The van der Waals surface area contributed by atoms with Gasteiger partial charge >= 0.3 is 5.97 Å². The van der Waals surface area contributed by atoms with Gasteiger partial charge in [-0.25, -0.2) is 0 Å². The monoisotopic (exact) mass is 302 g/mol. The SMILES string of the molecule is O=C(O)Cc1ccc(CN2CCC(CNC3CC3)CC2)cc1. The van der Waals surface area contributed by atoms with E-state index >= 15 is 0 Å². The molecule has 1 aliphatic heterocycles. The Hall–Kier alpha value is -1.39. The molecule has 0 radical (unpaired) electrons. The van der Waals surface area contributed by atoms with E-state index in [4.69, 9.17) is 5.11 Å². The Bertz CT molecular complexity index is 488. The molecule has 0 amide bonds. The fourth-order valence-electron chi connectivity index (χ4n) is 3.16. The Balaban J connectivity index is 1.40. The summed E-state index contributed by atoms with van der Waals surface area (Å²) in [5.41, 5.74) is 2.16. The van der Waals surface area contributed by atoms with Crippen LogP contribution in [0.2, 0.25) is 0 Å². The van der Waals surface area contributed by atoms with Crippen LogP contribution in [0.3, 0.4) is 0 Å². The zero-order chi connectivity index (χ0) is 15.4. The third kappa shape index (κ3) is 4.82. The molecule has 1 aliphatic carbocycles. The molecule has 1 heterocycles. The molecule has 1 saturated carbocycles. The molecule has 4 nitrogen and oxygen atoms in total. The minimum absolute atomic E-state index is 0.111. The van der Waals surface area contributed by atoms with Crippen molar-refractivity contribution < 1.29 is 9.90 Å². The topological polar surface area (TPSA) is 52.6 Å². The second kappa shape index (κ2) is 7.25. The van der Waals surface area contributed by atoms with Gasteiger partial charge in [0.1, 0.15) is 0 Å². The fraction of sp³-hybridized carbons (Fsp3) is 0.611. The van der Waals surface area contributed by atoms with Crippen LogP contribution in [0.15, 0.2) is 24.3 Å². The van der Waals surface area contributed by atoms with Crippen molar-refractivity contribution in [3.8, 4) is 0 Å². The Kier molecular flexibility index (Phi) is 5.11. The number of rotatable bonds is 7. The van der Waals surface area contributed by atoms with Crippen LogP contribution < -0.4 is 5.32 Å². The summed E-state index contributed by atoms with van der Waals surface area (Å²) in [7, 11) is 0. The summed E-state index contributed by atoms with van der Waals surface area (Å²) < 4.78 is 0. The largest absolute Gasteiger partial charge is 0.481 e. The van der Waals surface area contributed by atoms with Crippen LogP contribution in [0.5, 0.6) is 0 Å². The van der Waals surface area contributed by atoms with Crippen molar-refractivity contribution in [3.05, 3.63) is 35.4 Å². The zero-order valence-electron chi connectivity index (χ0n) is 13.1. The van der Waals surface area contributed by atoms with E-state index in [1.165, 1.54) is 50.9 Å². The van der Waals surface area contributed by atoms with E-state index in [1.54, 1.807) is 0 Å². The summed E-state index contributed by atoms with van der Waals surface area (Å²) in [6, 6.07) is 8.84. The van der Waals surface area contributed by atoms with Gasteiger partial charge in [0.05, 0.1) is 6.42 Å². The molecule has 1 aromatic carbocycles. The van der Waals surface area contributed by atoms with E-state index < -0.39 is 5.97 Å². The number of carboxylic acid groups (broad SMARTS) is 1. The van der Waals surface area contributed by atoms with Gasteiger partial charge in [0.25, 0.3) is 0 Å². The first kappa shape index (κ1) is 15.5. The maximum absolute atomic E-state index is 10.7. The summed E-state index contributed by atoms with van der Waals surface area (Å²) in [6.07, 6.45) is 5.43. The highest BCUT2D eigenvalue weighted by Gasteiger charge is 2.24. The van der Waals surface area contributed by atoms with Crippen LogP contribution in [-0.4, -0.2) is 41.7 Å². The number of carbonyl (C=O) groups is 1. The van der Waals surface area contributed by atoms with Crippen molar-refractivity contribution in [1.29, 1.82) is 0 Å². The second-order valence-corrected chi connectivity index (χ2v) is 6.79. The number of carboxylic acids is 1. The molecule has 22 heavy (non-hydrogen) atoms. The van der Waals surface area contributed by atoms with Crippen molar-refractivity contribution in [2.75, 3.05) is 19.6 Å². The maximum atomic E-state index is 10.7. The van der Waals surface area contributed by atoms with Crippen LogP contribution in [0.1, 0.15) is 36.8 Å². The van der Waals surface area contributed by atoms with Crippen LogP contribution in [0.4, 0.5) is 0 Å². The maximum Gasteiger partial charge on any atom is 0.307 e. The first-order valence-electron chi connectivity index (χ1n) is 8.44. The highest BCUT2D eigenvalue weighted by atomic mass is 16.4. The molecule has 3 rings (SSSR count). The highest BCUT2D eigenvalue weighted by Crippen LogP contribution is 2.22. The van der Waals surface area contributed by atoms with Crippen molar-refractivity contribution in [3.63, 3.8) is 0 Å². The molecule has 4 heteroatoms. The number of aliphatic carboxylic acids is 1. The summed E-state index contributed by atoms with van der Waals surface area (Å²) in [5, 5.41) is 12.4. The van der Waals surface area contributed by atoms with Gasteiger partial charge in [-0.15, -0.1) is 0 Å². The van der Waals surface area contributed by atoms with Gasteiger partial charge in [-0.05, 0) is 62.4 Å². The molecule has 0 unspecified atom stereocenters. The zero-order valence-corrected chi connectivity index (χ0v) is 13.1. The van der Waals surface area contributed by atoms with E-state index in [2.05, 4.69) is 22.3 Å². The van der Waals surface area contributed by atoms with E-state index in [1.807, 2.05) is 12.1 Å². The Morgan fingerprint density at radius 1 is 1.09 bits per heavy atom. The van der Waals surface area contributed by atoms with E-state index in [9.17, 15) is 4.79 Å². The van der Waals surface area contributed by atoms with Crippen LogP contribution >= 0.6 is 0 Å². The lowest BCUT2D eigenvalue weighted by Crippen LogP contribution is -2.37. The summed E-state index contributed by atoms with van der Waals surface area (Å²) >= 11 is 0. The van der Waals surface area contributed by atoms with Gasteiger partial charge in [-0.2, -0.15) is 0 Å². The molecule has 2 fully saturated rings. The van der Waals surface area contributed by atoms with E-state index in [-0.39, 0.29) is 6.42 Å². The Morgan fingerprint density at radius 2 is 1.73 bits per heavy atom. The quantitative estimate of drug-likeness (QED) is 0.811. The smallest absolute Gasteiger partial charge is 0.307 e. The summed E-state index contributed by atoms with van der Waals surface area (Å²) in [5.74, 6) is 0.0735. The lowest BCUT2D eigenvalue weighted by Gasteiger charge is -2.32. The van der Waals surface area contributed by atoms with Gasteiger partial charge in [0.2, 0.25) is 0 Å². The normalized spacial score (nSPS) is 20.2. The molecule has 120 valence electrons. The highest BCUT2D eigenvalue weighted by molar-refractivity contribution is 5.70. The molecule has 0 spiro atoms. The number of benzene rings is 1. The number of nitrogens with zero attached hydrogens (tertiary/aromatic N) is 1. The van der Waals surface area contributed by atoms with Gasteiger partial charge in [0, 0.05) is 12.6 Å². The Morgan fingerprint density at radius 3 is 2.32 bits per heavy atom. The van der Waals surface area contributed by atoms with Crippen LogP contribution in [-0.2, 0) is 17.8 Å².